The van der Waals surface area contributed by atoms with Crippen molar-refractivity contribution in [1.82, 2.24) is 0 Å². The van der Waals surface area contributed by atoms with Crippen LogP contribution in [0.25, 0.3) is 53.6 Å². The Balaban J connectivity index is 1.15. The molecule has 0 atom stereocenters. The van der Waals surface area contributed by atoms with Gasteiger partial charge in [-0.3, -0.25) is 0 Å². The molecule has 2 nitrogen and oxygen atoms in total. The second-order valence-corrected chi connectivity index (χ2v) is 16.2. The highest BCUT2D eigenvalue weighted by molar-refractivity contribution is 7.26. The number of para-hydroxylation sites is 3. The summed E-state index contributed by atoms with van der Waals surface area (Å²) in [6.07, 6.45) is 0. The summed E-state index contributed by atoms with van der Waals surface area (Å²) in [5, 5.41) is 2.50. The van der Waals surface area contributed by atoms with E-state index < -0.39 is 5.41 Å². The Morgan fingerprint density at radius 2 is 1.00 bits per heavy atom. The van der Waals surface area contributed by atoms with Crippen LogP contribution in [0, 0.1) is 0 Å². The van der Waals surface area contributed by atoms with Crippen LogP contribution < -0.4 is 9.64 Å². The minimum Gasteiger partial charge on any atom is -0.454 e. The third kappa shape index (κ3) is 4.78. The molecule has 272 valence electrons. The summed E-state index contributed by atoms with van der Waals surface area (Å²) >= 11 is 1.87. The second kappa shape index (κ2) is 12.9. The van der Waals surface area contributed by atoms with Crippen molar-refractivity contribution in [3.63, 3.8) is 0 Å². The van der Waals surface area contributed by atoms with Gasteiger partial charge in [-0.25, -0.2) is 0 Å². The molecule has 0 saturated carbocycles. The molecule has 0 N–H and O–H groups in total. The molecule has 1 spiro atoms. The molecule has 0 unspecified atom stereocenters. The maximum absolute atomic E-state index is 7.23. The quantitative estimate of drug-likeness (QED) is 0.173. The normalized spacial score (nSPS) is 13.1. The van der Waals surface area contributed by atoms with Gasteiger partial charge in [0, 0.05) is 48.2 Å². The van der Waals surface area contributed by atoms with E-state index in [9.17, 15) is 0 Å². The van der Waals surface area contributed by atoms with Crippen LogP contribution in [-0.4, -0.2) is 0 Å². The number of fused-ring (bicyclic) bond motifs is 12. The molecule has 10 aromatic rings. The van der Waals surface area contributed by atoms with Gasteiger partial charge in [-0.2, -0.15) is 0 Å². The molecule has 2 aliphatic rings. The molecule has 0 radical (unpaired) electrons. The fourth-order valence-electron chi connectivity index (χ4n) is 9.70. The van der Waals surface area contributed by atoms with Crippen molar-refractivity contribution in [2.45, 2.75) is 5.41 Å². The molecule has 1 aromatic heterocycles. The van der Waals surface area contributed by atoms with Crippen molar-refractivity contribution in [2.75, 3.05) is 4.90 Å². The van der Waals surface area contributed by atoms with Crippen LogP contribution in [0.2, 0.25) is 0 Å². The number of thiophene rings is 1. The van der Waals surface area contributed by atoms with E-state index >= 15 is 0 Å². The van der Waals surface area contributed by atoms with Gasteiger partial charge in [0.25, 0.3) is 0 Å². The Hall–Kier alpha value is -7.20. The van der Waals surface area contributed by atoms with E-state index in [0.29, 0.717) is 0 Å². The van der Waals surface area contributed by atoms with Gasteiger partial charge in [0.1, 0.15) is 5.75 Å². The van der Waals surface area contributed by atoms with Crippen LogP contribution in [0.5, 0.6) is 11.5 Å². The van der Waals surface area contributed by atoms with Crippen molar-refractivity contribution in [3.8, 4) is 44.9 Å². The summed E-state index contributed by atoms with van der Waals surface area (Å²) in [7, 11) is 0. The summed E-state index contributed by atoms with van der Waals surface area (Å²) in [6, 6.07) is 77.2. The van der Waals surface area contributed by atoms with E-state index in [0.717, 1.165) is 39.7 Å². The summed E-state index contributed by atoms with van der Waals surface area (Å²) in [6.45, 7) is 0. The number of hydrogen-bond acceptors (Lipinski definition) is 3. The molecule has 0 amide bonds. The summed E-state index contributed by atoms with van der Waals surface area (Å²) in [4.78, 5) is 2.41. The van der Waals surface area contributed by atoms with Gasteiger partial charge in [-0.15, -0.1) is 11.3 Å². The second-order valence-electron chi connectivity index (χ2n) is 15.2. The maximum Gasteiger partial charge on any atom is 0.156 e. The minimum absolute atomic E-state index is 0.563. The first-order valence-corrected chi connectivity index (χ1v) is 20.7. The first-order valence-electron chi connectivity index (χ1n) is 19.8. The highest BCUT2D eigenvalue weighted by Gasteiger charge is 2.51. The van der Waals surface area contributed by atoms with Crippen LogP contribution >= 0.6 is 11.3 Å². The van der Waals surface area contributed by atoms with Gasteiger partial charge < -0.3 is 9.64 Å². The Morgan fingerprint density at radius 3 is 1.79 bits per heavy atom. The predicted molar refractivity (Wildman–Crippen MR) is 242 cm³/mol. The zero-order valence-corrected chi connectivity index (χ0v) is 32.3. The van der Waals surface area contributed by atoms with Gasteiger partial charge in [0.05, 0.1) is 11.1 Å². The molecule has 2 heterocycles. The highest BCUT2D eigenvalue weighted by atomic mass is 32.1. The lowest BCUT2D eigenvalue weighted by molar-refractivity contribution is 0.437. The van der Waals surface area contributed by atoms with Crippen LogP contribution in [-0.2, 0) is 5.41 Å². The van der Waals surface area contributed by atoms with E-state index in [4.69, 9.17) is 4.74 Å². The van der Waals surface area contributed by atoms with Crippen LogP contribution in [0.3, 0.4) is 0 Å². The number of anilines is 3. The van der Waals surface area contributed by atoms with Gasteiger partial charge in [-0.05, 0) is 87.5 Å². The maximum atomic E-state index is 7.23. The molecule has 1 aliphatic heterocycles. The highest BCUT2D eigenvalue weighted by Crippen LogP contribution is 2.64. The Bertz CT molecular complexity index is 3170. The van der Waals surface area contributed by atoms with Crippen molar-refractivity contribution >= 4 is 48.6 Å². The monoisotopic (exact) mass is 757 g/mol. The molecule has 0 bridgehead atoms. The number of ether oxygens (including phenoxy) is 1. The molecule has 58 heavy (non-hydrogen) atoms. The van der Waals surface area contributed by atoms with Crippen molar-refractivity contribution in [2.24, 2.45) is 0 Å². The molecular formula is C55H35NOS. The standard InChI is InChI=1S/C55H35NOS/c1-3-17-36(18-4-1)37-19-15-20-38(33-37)44-34-40(35-45-43-25-9-14-32-52(43)58-54(44)45)56(39-21-5-2-6-22-39)50-30-16-29-49-53(50)57-51-31-13-12-28-48(51)55(49)46-26-10-7-23-41(46)42-24-8-11-27-47(42)55/h1-35H. The third-order valence-corrected chi connectivity index (χ3v) is 13.3. The van der Waals surface area contributed by atoms with E-state index in [1.807, 2.05) is 11.3 Å². The first-order chi connectivity index (χ1) is 28.8. The smallest absolute Gasteiger partial charge is 0.156 e. The van der Waals surface area contributed by atoms with Gasteiger partial charge in [0.2, 0.25) is 0 Å². The number of hydrogen-bond donors (Lipinski definition) is 0. The zero-order valence-electron chi connectivity index (χ0n) is 31.5. The lowest BCUT2D eigenvalue weighted by Gasteiger charge is -2.41. The van der Waals surface area contributed by atoms with Crippen LogP contribution in [0.1, 0.15) is 22.3 Å². The SMILES string of the molecule is c1ccc(-c2cccc(-c3cc(N(c4ccccc4)c4cccc5c4Oc4ccccc4C54c5ccccc5-c5ccccc54)cc4c3sc3ccccc34)c2)cc1. The molecular weight excluding hydrogens is 723 g/mol. The molecule has 0 fully saturated rings. The van der Waals surface area contributed by atoms with E-state index in [1.54, 1.807) is 0 Å². The summed E-state index contributed by atoms with van der Waals surface area (Å²) in [5.74, 6) is 1.74. The summed E-state index contributed by atoms with van der Waals surface area (Å²) < 4.78 is 9.79. The van der Waals surface area contributed by atoms with Crippen LogP contribution in [0.15, 0.2) is 212 Å². The zero-order chi connectivity index (χ0) is 38.2. The van der Waals surface area contributed by atoms with Crippen molar-refractivity contribution < 1.29 is 4.74 Å². The van der Waals surface area contributed by atoms with E-state index in [-0.39, 0.29) is 0 Å². The predicted octanol–water partition coefficient (Wildman–Crippen LogP) is 15.3. The van der Waals surface area contributed by atoms with Gasteiger partial charge in [0.15, 0.2) is 5.75 Å². The molecule has 9 aromatic carbocycles. The fourth-order valence-corrected chi connectivity index (χ4v) is 10.9. The van der Waals surface area contributed by atoms with Gasteiger partial charge >= 0.3 is 0 Å². The number of rotatable bonds is 5. The topological polar surface area (TPSA) is 12.5 Å². The Kier molecular flexibility index (Phi) is 7.35. The van der Waals surface area contributed by atoms with E-state index in [1.165, 1.54) is 64.7 Å². The summed E-state index contributed by atoms with van der Waals surface area (Å²) in [5.41, 5.74) is 14.7. The van der Waals surface area contributed by atoms with E-state index in [2.05, 4.69) is 217 Å². The van der Waals surface area contributed by atoms with Crippen molar-refractivity contribution in [3.05, 3.63) is 235 Å². The number of benzene rings is 9. The minimum atomic E-state index is -0.563. The number of nitrogens with zero attached hydrogens (tertiary/aromatic N) is 1. The Labute approximate surface area is 341 Å². The largest absolute Gasteiger partial charge is 0.454 e. The lowest BCUT2D eigenvalue weighted by atomic mass is 9.66. The van der Waals surface area contributed by atoms with Crippen molar-refractivity contribution in [1.29, 1.82) is 0 Å². The first kappa shape index (κ1) is 33.0. The Morgan fingerprint density at radius 1 is 0.397 bits per heavy atom. The van der Waals surface area contributed by atoms with Crippen LogP contribution in [0.4, 0.5) is 17.1 Å². The third-order valence-electron chi connectivity index (χ3n) is 12.1. The molecule has 3 heteroatoms. The average Bonchev–Trinajstić information content (AvgIpc) is 3.81. The average molecular weight is 758 g/mol. The molecule has 12 rings (SSSR count). The van der Waals surface area contributed by atoms with Gasteiger partial charge in [-0.1, -0.05) is 164 Å². The lowest BCUT2D eigenvalue weighted by Crippen LogP contribution is -2.32. The fraction of sp³-hybridized carbons (Fsp3) is 0.0182. The molecule has 1 aliphatic carbocycles. The molecule has 0 saturated heterocycles.